The van der Waals surface area contributed by atoms with E-state index in [1.165, 1.54) is 12.8 Å². The van der Waals surface area contributed by atoms with Gasteiger partial charge in [-0.15, -0.1) is 0 Å². The molecule has 90 valence electrons. The van der Waals surface area contributed by atoms with E-state index in [1.807, 2.05) is 6.92 Å². The Labute approximate surface area is 92.8 Å². The molecule has 0 saturated carbocycles. The zero-order chi connectivity index (χ0) is 11.4. The molecule has 4 heteroatoms. The predicted octanol–water partition coefficient (Wildman–Crippen LogP) is 0.919. The molecule has 15 heavy (non-hydrogen) atoms. The van der Waals surface area contributed by atoms with E-state index >= 15 is 0 Å². The topological polar surface area (TPSA) is 50.4 Å². The molecule has 0 aliphatic rings. The van der Waals surface area contributed by atoms with Crippen molar-refractivity contribution in [3.05, 3.63) is 0 Å². The van der Waals surface area contributed by atoms with Gasteiger partial charge in [-0.1, -0.05) is 26.7 Å². The van der Waals surface area contributed by atoms with Gasteiger partial charge in [0.2, 0.25) is 5.91 Å². The molecular weight excluding hydrogens is 192 g/mol. The minimum atomic E-state index is -0.0237. The Bertz CT molecular complexity index is 152. The van der Waals surface area contributed by atoms with Crippen LogP contribution in [0.15, 0.2) is 0 Å². The standard InChI is InChI=1S/C11H24N2O2/c1-3-5-6-9-15-10-11(14)13-8-7-12-4-2/h12H,3-10H2,1-2H3,(H,13,14). The van der Waals surface area contributed by atoms with E-state index in [9.17, 15) is 4.79 Å². The third-order valence-corrected chi connectivity index (χ3v) is 2.00. The molecule has 0 unspecified atom stereocenters. The SMILES string of the molecule is CCCCCOCC(=O)NCCNCC. The Balaban J connectivity index is 3.11. The molecule has 0 aliphatic heterocycles. The highest BCUT2D eigenvalue weighted by molar-refractivity contribution is 5.77. The molecule has 0 heterocycles. The van der Waals surface area contributed by atoms with Crippen molar-refractivity contribution in [1.29, 1.82) is 0 Å². The smallest absolute Gasteiger partial charge is 0.246 e. The Morgan fingerprint density at radius 2 is 2.00 bits per heavy atom. The van der Waals surface area contributed by atoms with Crippen LogP contribution in [0.25, 0.3) is 0 Å². The van der Waals surface area contributed by atoms with Crippen molar-refractivity contribution in [2.45, 2.75) is 33.1 Å². The normalized spacial score (nSPS) is 10.3. The first-order valence-corrected chi connectivity index (χ1v) is 5.86. The molecular formula is C11H24N2O2. The lowest BCUT2D eigenvalue weighted by molar-refractivity contribution is -0.125. The number of amides is 1. The Hall–Kier alpha value is -0.610. The van der Waals surface area contributed by atoms with Crippen molar-refractivity contribution in [2.24, 2.45) is 0 Å². The first kappa shape index (κ1) is 14.4. The van der Waals surface area contributed by atoms with E-state index in [0.29, 0.717) is 13.2 Å². The number of likely N-dealkylation sites (N-methyl/N-ethyl adjacent to an activating group) is 1. The number of unbranched alkanes of at least 4 members (excludes halogenated alkanes) is 2. The molecule has 0 fully saturated rings. The quantitative estimate of drug-likeness (QED) is 0.534. The van der Waals surface area contributed by atoms with Crippen LogP contribution in [0.1, 0.15) is 33.1 Å². The van der Waals surface area contributed by atoms with Gasteiger partial charge >= 0.3 is 0 Å². The Morgan fingerprint density at radius 1 is 1.20 bits per heavy atom. The highest BCUT2D eigenvalue weighted by Crippen LogP contribution is 1.93. The van der Waals surface area contributed by atoms with E-state index in [-0.39, 0.29) is 12.5 Å². The molecule has 0 spiro atoms. The van der Waals surface area contributed by atoms with Gasteiger partial charge in [0, 0.05) is 19.7 Å². The number of rotatable bonds is 10. The number of ether oxygens (including phenoxy) is 1. The van der Waals surface area contributed by atoms with Gasteiger partial charge in [0.25, 0.3) is 0 Å². The summed E-state index contributed by atoms with van der Waals surface area (Å²) in [4.78, 5) is 11.2. The van der Waals surface area contributed by atoms with Crippen molar-refractivity contribution in [3.8, 4) is 0 Å². The van der Waals surface area contributed by atoms with E-state index in [2.05, 4.69) is 17.6 Å². The minimum absolute atomic E-state index is 0.0237. The lowest BCUT2D eigenvalue weighted by atomic mass is 10.3. The van der Waals surface area contributed by atoms with Crippen LogP contribution in [0.5, 0.6) is 0 Å². The second-order valence-corrected chi connectivity index (χ2v) is 3.46. The number of hydrogen-bond acceptors (Lipinski definition) is 3. The van der Waals surface area contributed by atoms with Crippen LogP contribution in [0.2, 0.25) is 0 Å². The monoisotopic (exact) mass is 216 g/mol. The fourth-order valence-corrected chi connectivity index (χ4v) is 1.14. The molecule has 0 aromatic heterocycles. The van der Waals surface area contributed by atoms with Gasteiger partial charge in [0.05, 0.1) is 0 Å². The molecule has 0 aromatic carbocycles. The highest BCUT2D eigenvalue weighted by atomic mass is 16.5. The number of carbonyl (C=O) groups excluding carboxylic acids is 1. The molecule has 0 radical (unpaired) electrons. The van der Waals surface area contributed by atoms with Crippen molar-refractivity contribution >= 4 is 5.91 Å². The van der Waals surface area contributed by atoms with E-state index in [0.717, 1.165) is 19.5 Å². The molecule has 0 bridgehead atoms. The molecule has 0 saturated heterocycles. The first-order valence-electron chi connectivity index (χ1n) is 5.86. The van der Waals surface area contributed by atoms with E-state index in [4.69, 9.17) is 4.74 Å². The molecule has 2 N–H and O–H groups in total. The maximum atomic E-state index is 11.2. The largest absolute Gasteiger partial charge is 0.372 e. The van der Waals surface area contributed by atoms with Crippen LogP contribution >= 0.6 is 0 Å². The molecule has 1 amide bonds. The van der Waals surface area contributed by atoms with Crippen LogP contribution in [0, 0.1) is 0 Å². The van der Waals surface area contributed by atoms with Crippen molar-refractivity contribution in [2.75, 3.05) is 32.8 Å². The summed E-state index contributed by atoms with van der Waals surface area (Å²) in [6.07, 6.45) is 3.39. The number of nitrogens with one attached hydrogen (secondary N) is 2. The van der Waals surface area contributed by atoms with Gasteiger partial charge < -0.3 is 15.4 Å². The van der Waals surface area contributed by atoms with Crippen molar-refractivity contribution in [3.63, 3.8) is 0 Å². The fraction of sp³-hybridized carbons (Fsp3) is 0.909. The van der Waals surface area contributed by atoms with Crippen LogP contribution in [0.4, 0.5) is 0 Å². The second kappa shape index (κ2) is 11.5. The summed E-state index contributed by atoms with van der Waals surface area (Å²) in [7, 11) is 0. The van der Waals surface area contributed by atoms with Gasteiger partial charge in [0.1, 0.15) is 6.61 Å². The maximum Gasteiger partial charge on any atom is 0.246 e. The summed E-state index contributed by atoms with van der Waals surface area (Å²) in [5, 5.41) is 5.91. The predicted molar refractivity (Wildman–Crippen MR) is 61.9 cm³/mol. The van der Waals surface area contributed by atoms with Crippen LogP contribution in [-0.4, -0.2) is 38.8 Å². The summed E-state index contributed by atoms with van der Waals surface area (Å²) in [5.74, 6) is -0.0237. The van der Waals surface area contributed by atoms with Crippen LogP contribution < -0.4 is 10.6 Å². The summed E-state index contributed by atoms with van der Waals surface area (Å²) < 4.78 is 5.22. The lowest BCUT2D eigenvalue weighted by Crippen LogP contribution is -2.34. The van der Waals surface area contributed by atoms with Crippen molar-refractivity contribution in [1.82, 2.24) is 10.6 Å². The maximum absolute atomic E-state index is 11.2. The third kappa shape index (κ3) is 11.3. The second-order valence-electron chi connectivity index (χ2n) is 3.46. The molecule has 4 nitrogen and oxygen atoms in total. The fourth-order valence-electron chi connectivity index (χ4n) is 1.14. The zero-order valence-electron chi connectivity index (χ0n) is 9.97. The van der Waals surface area contributed by atoms with Gasteiger partial charge in [-0.3, -0.25) is 4.79 Å². The average Bonchev–Trinajstić information content (AvgIpc) is 2.24. The minimum Gasteiger partial charge on any atom is -0.372 e. The summed E-state index contributed by atoms with van der Waals surface area (Å²) in [6.45, 7) is 7.49. The first-order chi connectivity index (χ1) is 7.31. The molecule has 0 aliphatic carbocycles. The van der Waals surface area contributed by atoms with Gasteiger partial charge in [0.15, 0.2) is 0 Å². The van der Waals surface area contributed by atoms with Crippen LogP contribution in [-0.2, 0) is 9.53 Å². The van der Waals surface area contributed by atoms with E-state index < -0.39 is 0 Å². The summed E-state index contributed by atoms with van der Waals surface area (Å²) >= 11 is 0. The van der Waals surface area contributed by atoms with E-state index in [1.54, 1.807) is 0 Å². The Kier molecular flexibility index (Phi) is 11.0. The zero-order valence-corrected chi connectivity index (χ0v) is 9.97. The average molecular weight is 216 g/mol. The van der Waals surface area contributed by atoms with Crippen molar-refractivity contribution < 1.29 is 9.53 Å². The molecule has 0 aromatic rings. The van der Waals surface area contributed by atoms with Gasteiger partial charge in [-0.05, 0) is 13.0 Å². The molecule has 0 rings (SSSR count). The van der Waals surface area contributed by atoms with Crippen LogP contribution in [0.3, 0.4) is 0 Å². The third-order valence-electron chi connectivity index (χ3n) is 2.00. The lowest BCUT2D eigenvalue weighted by Gasteiger charge is -2.06. The van der Waals surface area contributed by atoms with Gasteiger partial charge in [-0.2, -0.15) is 0 Å². The Morgan fingerprint density at radius 3 is 2.67 bits per heavy atom. The number of hydrogen-bond donors (Lipinski definition) is 2. The number of carbonyl (C=O) groups is 1. The summed E-state index contributed by atoms with van der Waals surface area (Å²) in [5.41, 5.74) is 0. The summed E-state index contributed by atoms with van der Waals surface area (Å²) in [6, 6.07) is 0. The molecule has 0 atom stereocenters. The van der Waals surface area contributed by atoms with Gasteiger partial charge in [-0.25, -0.2) is 0 Å². The highest BCUT2D eigenvalue weighted by Gasteiger charge is 1.99.